The summed E-state index contributed by atoms with van der Waals surface area (Å²) in [4.78, 5) is 75.9. The molecule has 1 aliphatic carbocycles. The maximum Gasteiger partial charge on any atom is 0.407 e. The van der Waals surface area contributed by atoms with Gasteiger partial charge >= 0.3 is 12.2 Å². The fourth-order valence-electron chi connectivity index (χ4n) is 11.6. The third kappa shape index (κ3) is 10.9. The molecule has 8 heterocycles. The number of aromatic nitrogens is 5. The van der Waals surface area contributed by atoms with E-state index in [0.717, 1.165) is 105 Å². The number of rotatable bonds is 11. The van der Waals surface area contributed by atoms with Crippen molar-refractivity contribution in [1.29, 1.82) is 0 Å². The molecule has 4 amide bonds. The normalized spacial score (nSPS) is 19.5. The van der Waals surface area contributed by atoms with Gasteiger partial charge in [0.25, 0.3) is 0 Å². The molecule has 3 saturated heterocycles. The van der Waals surface area contributed by atoms with Gasteiger partial charge in [-0.1, -0.05) is 19.9 Å². The lowest BCUT2D eigenvalue weighted by molar-refractivity contribution is -0.137. The molecule has 4 aliphatic heterocycles. The quantitative estimate of drug-likeness (QED) is 0.0971. The highest BCUT2D eigenvalue weighted by Gasteiger charge is 2.41. The van der Waals surface area contributed by atoms with Crippen LogP contribution in [0, 0.1) is 18.8 Å². The minimum atomic E-state index is -0.719. The molecule has 1 unspecified atom stereocenters. The Morgan fingerprint density at radius 3 is 2.04 bits per heavy atom. The smallest absolute Gasteiger partial charge is 0.407 e. The highest BCUT2D eigenvalue weighted by Crippen LogP contribution is 2.49. The number of nitrogens with zero attached hydrogens (tertiary/aromatic N) is 5. The largest absolute Gasteiger partial charge is 0.464 e. The molecule has 4 aromatic heterocycles. The predicted molar refractivity (Wildman–Crippen MR) is 308 cm³/mol. The van der Waals surface area contributed by atoms with Crippen LogP contribution in [0.25, 0.3) is 44.7 Å². The molecule has 11 rings (SSSR count). The Kier molecular flexibility index (Phi) is 18.4. The zero-order chi connectivity index (χ0) is 49.1. The van der Waals surface area contributed by atoms with E-state index < -0.39 is 30.5 Å². The molecule has 4 N–H and O–H groups in total. The number of benzene rings is 2. The molecule has 5 atom stereocenters. The van der Waals surface area contributed by atoms with E-state index in [1.54, 1.807) is 0 Å². The van der Waals surface area contributed by atoms with Gasteiger partial charge in [0, 0.05) is 53.3 Å². The number of hydrogen-bond donors (Lipinski definition) is 4. The van der Waals surface area contributed by atoms with Crippen LogP contribution in [0.5, 0.6) is 5.75 Å². The van der Waals surface area contributed by atoms with E-state index in [0.29, 0.717) is 45.0 Å². The summed E-state index contributed by atoms with van der Waals surface area (Å²) in [6.07, 6.45) is 9.91. The molecule has 6 aromatic rings. The number of carbonyl (C=O) groups excluding carboxylic acids is 4. The van der Waals surface area contributed by atoms with Gasteiger partial charge in [0.15, 0.2) is 0 Å². The number of H-pyrrole nitrogens is 2. The van der Waals surface area contributed by atoms with Crippen molar-refractivity contribution in [2.75, 3.05) is 40.5 Å². The van der Waals surface area contributed by atoms with Crippen molar-refractivity contribution in [3.63, 3.8) is 0 Å². The first-order valence-electron chi connectivity index (χ1n) is 25.0. The van der Waals surface area contributed by atoms with Gasteiger partial charge in [-0.2, -0.15) is 54.0 Å². The monoisotopic (exact) mass is 1120 g/mol. The van der Waals surface area contributed by atoms with Crippen LogP contribution >= 0.6 is 65.3 Å². The molecule has 17 nitrogen and oxygen atoms in total. The first kappa shape index (κ1) is 57.4. The Balaban J connectivity index is 0.00000205. The summed E-state index contributed by atoms with van der Waals surface area (Å²) >= 11 is 1.84. The SMILES string of the molecule is COC(=O)N[C@H](C(=O)N1CCC[C@H]1c1ncc(-c2cc(C)c3c(c2)OC(c2cc4c(s2)CCC4)n2c-3cc3cc(-c4cnc([C@@H]5CCCN5C(=O)[C@@H](NC(=O)OC)C5CCOCC5)[nH]4)ccc32)[nH]1)C(C)C.S.S.S.S. The van der Waals surface area contributed by atoms with E-state index in [9.17, 15) is 19.2 Å². The van der Waals surface area contributed by atoms with Crippen molar-refractivity contribution < 1.29 is 38.1 Å². The number of methoxy groups -OCH3 is 2. The molecular weight excluding hydrogens is 1050 g/mol. The van der Waals surface area contributed by atoms with Crippen LogP contribution in [0.1, 0.15) is 110 Å². The number of hydrogen-bond acceptors (Lipinski definition) is 11. The summed E-state index contributed by atoms with van der Waals surface area (Å²) in [7, 11) is 2.61. The molecule has 404 valence electrons. The molecule has 0 radical (unpaired) electrons. The fourth-order valence-corrected chi connectivity index (χ4v) is 12.9. The third-order valence-corrected chi connectivity index (χ3v) is 16.5. The average Bonchev–Trinajstić information content (AvgIpc) is 4.24. The zero-order valence-electron chi connectivity index (χ0n) is 42.8. The standard InChI is InChI=1S/C53H61N9O8S.4H2S/c1-28(2)45(58-52(65)67-4)49(63)60-17-7-10-38(60)48-55-27-36(57-48)33-21-29(3)44-40-23-34-22-31(13-14-37(34)62(40)51(70-41(44)24-33)43-25-32-9-6-12-42(32)71-43)35-26-54-47(56-35)39-11-8-18-61(39)50(64)46(59-53(66)68-5)30-15-19-69-20-16-30;;;;/h13-14,21-28,30,38-39,45-46,51H,6-12,15-20H2,1-5H3,(H,54,56)(H,55,57)(H,58,65)(H,59,66);4*1H2/t38-,39-,45-,46-,51?;;;;/m0..../s1. The van der Waals surface area contributed by atoms with Crippen LogP contribution in [-0.2, 0) is 36.6 Å². The number of aromatic amines is 2. The molecule has 2 aromatic carbocycles. The number of thiophene rings is 1. The van der Waals surface area contributed by atoms with Crippen LogP contribution in [0.15, 0.2) is 54.9 Å². The van der Waals surface area contributed by atoms with Gasteiger partial charge in [0.1, 0.15) is 29.5 Å². The number of amides is 4. The zero-order valence-corrected chi connectivity index (χ0v) is 47.7. The summed E-state index contributed by atoms with van der Waals surface area (Å²) in [6.45, 7) is 8.19. The summed E-state index contributed by atoms with van der Waals surface area (Å²) in [5, 5.41) is 6.64. The van der Waals surface area contributed by atoms with Crippen LogP contribution in [-0.4, -0.2) is 111 Å². The van der Waals surface area contributed by atoms with E-state index in [-0.39, 0.29) is 89.7 Å². The molecule has 5 aliphatic rings. The molecule has 3 fully saturated rings. The number of imidazole rings is 2. The summed E-state index contributed by atoms with van der Waals surface area (Å²) in [5.41, 5.74) is 9.17. The number of alkyl carbamates (subject to hydrolysis) is 2. The molecule has 0 bridgehead atoms. The van der Waals surface area contributed by atoms with Crippen molar-refractivity contribution in [2.24, 2.45) is 11.8 Å². The van der Waals surface area contributed by atoms with Gasteiger partial charge in [-0.15, -0.1) is 11.3 Å². The second-order valence-corrected chi connectivity index (χ2v) is 21.1. The lowest BCUT2D eigenvalue weighted by atomic mass is 9.90. The Bertz CT molecular complexity index is 3020. The summed E-state index contributed by atoms with van der Waals surface area (Å²) in [6, 6.07) is 13.4. The summed E-state index contributed by atoms with van der Waals surface area (Å²) in [5.74, 6) is 1.76. The Morgan fingerprint density at radius 2 is 1.40 bits per heavy atom. The van der Waals surface area contributed by atoms with Gasteiger partial charge in [-0.25, -0.2) is 19.6 Å². The van der Waals surface area contributed by atoms with E-state index in [1.165, 1.54) is 31.1 Å². The minimum absolute atomic E-state index is 0. The van der Waals surface area contributed by atoms with Crippen LogP contribution < -0.4 is 15.4 Å². The van der Waals surface area contributed by atoms with Crippen molar-refractivity contribution in [3.05, 3.63) is 87.4 Å². The van der Waals surface area contributed by atoms with Crippen LogP contribution in [0.2, 0.25) is 0 Å². The lowest BCUT2D eigenvalue weighted by Gasteiger charge is -2.34. The molecule has 22 heteroatoms. The molecule has 0 spiro atoms. The highest BCUT2D eigenvalue weighted by atomic mass is 32.1. The molecule has 75 heavy (non-hydrogen) atoms. The maximum absolute atomic E-state index is 14.3. The van der Waals surface area contributed by atoms with Gasteiger partial charge in [0.05, 0.1) is 66.2 Å². The lowest BCUT2D eigenvalue weighted by Crippen LogP contribution is -2.53. The summed E-state index contributed by atoms with van der Waals surface area (Å²) < 4.78 is 24.9. The van der Waals surface area contributed by atoms with E-state index in [2.05, 4.69) is 74.6 Å². The van der Waals surface area contributed by atoms with Crippen molar-refractivity contribution in [3.8, 4) is 39.5 Å². The second-order valence-electron chi connectivity index (χ2n) is 19.9. The van der Waals surface area contributed by atoms with Crippen molar-refractivity contribution in [2.45, 2.75) is 109 Å². The maximum atomic E-state index is 14.3. The van der Waals surface area contributed by atoms with Gasteiger partial charge < -0.3 is 49.3 Å². The van der Waals surface area contributed by atoms with E-state index >= 15 is 0 Å². The molecular formula is C53H69N9O8S5. The Labute approximate surface area is 468 Å². The second kappa shape index (κ2) is 24.0. The highest BCUT2D eigenvalue weighted by molar-refractivity contribution is 7.59. The topological polar surface area (TPSA) is 198 Å². The van der Waals surface area contributed by atoms with Crippen molar-refractivity contribution in [1.82, 2.24) is 44.9 Å². The number of fused-ring (bicyclic) bond motifs is 6. The third-order valence-electron chi connectivity index (χ3n) is 15.2. The number of likely N-dealkylation sites (tertiary alicyclic amines) is 2. The van der Waals surface area contributed by atoms with Crippen molar-refractivity contribution >= 4 is 100 Å². The van der Waals surface area contributed by atoms with Gasteiger partial charge in [0.2, 0.25) is 18.0 Å². The van der Waals surface area contributed by atoms with Crippen LogP contribution in [0.4, 0.5) is 9.59 Å². The predicted octanol–water partition coefficient (Wildman–Crippen LogP) is 9.20. The molecule has 0 saturated carbocycles. The Hall–Kier alpha value is -5.26. The van der Waals surface area contributed by atoms with E-state index in [4.69, 9.17) is 28.9 Å². The minimum Gasteiger partial charge on any atom is -0.464 e. The fraction of sp³-hybridized carbons (Fsp3) is 0.472. The first-order valence-corrected chi connectivity index (χ1v) is 25.9. The average molecular weight is 1120 g/mol. The van der Waals surface area contributed by atoms with E-state index in [1.807, 2.05) is 47.4 Å². The number of ether oxygens (including phenoxy) is 4. The number of carbonyl (C=O) groups is 4. The number of aryl methyl sites for hydroxylation is 3. The Morgan fingerprint density at radius 1 is 0.760 bits per heavy atom. The van der Waals surface area contributed by atoms with Crippen LogP contribution in [0.3, 0.4) is 0 Å². The number of nitrogens with one attached hydrogen (secondary N) is 4. The van der Waals surface area contributed by atoms with Gasteiger partial charge in [-0.3, -0.25) is 14.2 Å². The van der Waals surface area contributed by atoms with Gasteiger partial charge in [-0.05, 0) is 124 Å². The first-order chi connectivity index (χ1) is 34.5.